The lowest BCUT2D eigenvalue weighted by atomic mass is 9.99. The number of nitrogens with one attached hydrogen (secondary N) is 1. The van der Waals surface area contributed by atoms with Gasteiger partial charge in [0.25, 0.3) is 5.56 Å². The van der Waals surface area contributed by atoms with Gasteiger partial charge in [-0.05, 0) is 18.9 Å². The summed E-state index contributed by atoms with van der Waals surface area (Å²) in [5.41, 5.74) is 6.35. The zero-order valence-corrected chi connectivity index (χ0v) is 11.1. The van der Waals surface area contributed by atoms with E-state index in [2.05, 4.69) is 5.32 Å². The first-order valence-corrected chi connectivity index (χ1v) is 6.26. The Morgan fingerprint density at radius 1 is 1.44 bits per heavy atom. The van der Waals surface area contributed by atoms with Crippen LogP contribution in [0.25, 0.3) is 0 Å². The molecule has 1 heterocycles. The smallest absolute Gasteiger partial charge is 0.250 e. The van der Waals surface area contributed by atoms with Crippen LogP contribution >= 0.6 is 0 Å². The van der Waals surface area contributed by atoms with Crippen LogP contribution in [0.2, 0.25) is 0 Å². The number of pyridine rings is 1. The number of aromatic nitrogens is 1. The van der Waals surface area contributed by atoms with Crippen molar-refractivity contribution in [2.45, 2.75) is 39.8 Å². The van der Waals surface area contributed by atoms with Crippen molar-refractivity contribution in [1.29, 1.82) is 0 Å². The zero-order chi connectivity index (χ0) is 13.7. The first-order valence-electron chi connectivity index (χ1n) is 6.26. The normalized spacial score (nSPS) is 14.0. The molecule has 3 N–H and O–H groups in total. The molecule has 0 bridgehead atoms. The number of aryl methyl sites for hydroxylation is 1. The molecule has 1 rings (SSSR count). The van der Waals surface area contributed by atoms with Crippen LogP contribution in [0.5, 0.6) is 0 Å². The van der Waals surface area contributed by atoms with E-state index in [0.29, 0.717) is 12.2 Å². The minimum atomic E-state index is -0.531. The quantitative estimate of drug-likeness (QED) is 0.825. The van der Waals surface area contributed by atoms with E-state index in [9.17, 15) is 9.59 Å². The molecule has 1 amide bonds. The Morgan fingerprint density at radius 3 is 2.67 bits per heavy atom. The highest BCUT2D eigenvalue weighted by atomic mass is 16.2. The van der Waals surface area contributed by atoms with E-state index in [1.165, 1.54) is 10.6 Å². The third-order valence-electron chi connectivity index (χ3n) is 3.15. The molecule has 18 heavy (non-hydrogen) atoms. The van der Waals surface area contributed by atoms with E-state index in [-0.39, 0.29) is 17.4 Å². The molecule has 0 saturated carbocycles. The van der Waals surface area contributed by atoms with Crippen LogP contribution in [-0.2, 0) is 11.3 Å². The Balaban J connectivity index is 2.79. The number of hydrogen-bond acceptors (Lipinski definition) is 3. The van der Waals surface area contributed by atoms with Crippen LogP contribution in [0.4, 0.5) is 5.69 Å². The lowest BCUT2D eigenvalue weighted by molar-refractivity contribution is -0.118. The zero-order valence-electron chi connectivity index (χ0n) is 11.1. The molecule has 0 aliphatic rings. The van der Waals surface area contributed by atoms with Crippen molar-refractivity contribution >= 4 is 11.6 Å². The molecule has 100 valence electrons. The maximum absolute atomic E-state index is 11.9. The molecule has 5 nitrogen and oxygen atoms in total. The van der Waals surface area contributed by atoms with Gasteiger partial charge < -0.3 is 15.6 Å². The minimum absolute atomic E-state index is 0.0817. The lowest BCUT2D eigenvalue weighted by Gasteiger charge is -2.18. The highest BCUT2D eigenvalue weighted by molar-refractivity contribution is 5.94. The predicted octanol–water partition coefficient (Wildman–Crippen LogP) is 1.18. The van der Waals surface area contributed by atoms with Crippen molar-refractivity contribution in [3.8, 4) is 0 Å². The van der Waals surface area contributed by atoms with Gasteiger partial charge in [-0.25, -0.2) is 0 Å². The van der Waals surface area contributed by atoms with Crippen LogP contribution < -0.4 is 16.6 Å². The average molecular weight is 251 g/mol. The molecule has 0 aromatic carbocycles. The van der Waals surface area contributed by atoms with E-state index in [1.807, 2.05) is 20.8 Å². The molecule has 0 radical (unpaired) electrons. The second kappa shape index (κ2) is 6.35. The van der Waals surface area contributed by atoms with Crippen LogP contribution in [0.3, 0.4) is 0 Å². The first kappa shape index (κ1) is 14.4. The minimum Gasteiger partial charge on any atom is -0.323 e. The van der Waals surface area contributed by atoms with Crippen molar-refractivity contribution in [3.05, 3.63) is 28.7 Å². The molecule has 0 saturated heterocycles. The summed E-state index contributed by atoms with van der Waals surface area (Å²) in [7, 11) is 0. The first-order chi connectivity index (χ1) is 8.49. The van der Waals surface area contributed by atoms with Crippen LogP contribution in [-0.4, -0.2) is 16.5 Å². The van der Waals surface area contributed by atoms with Crippen LogP contribution in [0, 0.1) is 5.92 Å². The number of amides is 1. The molecule has 1 unspecified atom stereocenters. The van der Waals surface area contributed by atoms with E-state index < -0.39 is 6.04 Å². The Bertz CT molecular complexity index is 468. The summed E-state index contributed by atoms with van der Waals surface area (Å²) in [6.07, 6.45) is 2.48. The van der Waals surface area contributed by atoms with Gasteiger partial charge in [0.1, 0.15) is 0 Å². The molecule has 0 aliphatic carbocycles. The Morgan fingerprint density at radius 2 is 2.11 bits per heavy atom. The third kappa shape index (κ3) is 3.43. The van der Waals surface area contributed by atoms with Crippen molar-refractivity contribution in [2.75, 3.05) is 5.32 Å². The van der Waals surface area contributed by atoms with E-state index in [4.69, 9.17) is 5.73 Å². The monoisotopic (exact) mass is 251 g/mol. The van der Waals surface area contributed by atoms with Crippen molar-refractivity contribution in [1.82, 2.24) is 4.57 Å². The van der Waals surface area contributed by atoms with Crippen molar-refractivity contribution in [3.63, 3.8) is 0 Å². The van der Waals surface area contributed by atoms with Crippen molar-refractivity contribution < 1.29 is 4.79 Å². The molecule has 0 fully saturated rings. The predicted molar refractivity (Wildman–Crippen MR) is 72.4 cm³/mol. The molecular weight excluding hydrogens is 230 g/mol. The van der Waals surface area contributed by atoms with Gasteiger partial charge in [-0.2, -0.15) is 0 Å². The second-order valence-electron chi connectivity index (χ2n) is 4.44. The summed E-state index contributed by atoms with van der Waals surface area (Å²) in [6.45, 7) is 6.38. The Hall–Kier alpha value is -1.62. The molecule has 5 heteroatoms. The van der Waals surface area contributed by atoms with Gasteiger partial charge in [-0.1, -0.05) is 20.3 Å². The van der Waals surface area contributed by atoms with Gasteiger partial charge in [-0.15, -0.1) is 0 Å². The molecule has 2 atom stereocenters. The fourth-order valence-electron chi connectivity index (χ4n) is 1.59. The summed E-state index contributed by atoms with van der Waals surface area (Å²) < 4.78 is 1.53. The number of hydrogen-bond donors (Lipinski definition) is 2. The maximum Gasteiger partial charge on any atom is 0.250 e. The van der Waals surface area contributed by atoms with Gasteiger partial charge in [0, 0.05) is 18.8 Å². The third-order valence-corrected chi connectivity index (χ3v) is 3.15. The average Bonchev–Trinajstić information content (AvgIpc) is 2.38. The molecule has 0 spiro atoms. The molecule has 1 aromatic heterocycles. The van der Waals surface area contributed by atoms with Gasteiger partial charge in [0.15, 0.2) is 0 Å². The summed E-state index contributed by atoms with van der Waals surface area (Å²) in [4.78, 5) is 23.3. The van der Waals surface area contributed by atoms with Gasteiger partial charge >= 0.3 is 0 Å². The maximum atomic E-state index is 11.9. The summed E-state index contributed by atoms with van der Waals surface area (Å²) in [6, 6.07) is 2.50. The fraction of sp³-hybridized carbons (Fsp3) is 0.538. The fourth-order valence-corrected chi connectivity index (χ4v) is 1.59. The molecular formula is C13H21N3O2. The largest absolute Gasteiger partial charge is 0.323 e. The highest BCUT2D eigenvalue weighted by Crippen LogP contribution is 2.09. The molecule has 0 aliphatic heterocycles. The van der Waals surface area contributed by atoms with E-state index in [0.717, 1.165) is 6.42 Å². The standard InChI is InChI=1S/C13H21N3O2/c1-4-9(3)12(14)13(18)15-10-6-7-11(17)16(5-2)8-10/h6-9,12H,4-5,14H2,1-3H3,(H,15,18)/t9?,12-/m0/s1. The SMILES string of the molecule is CCC(C)[C@H](N)C(=O)Nc1ccc(=O)n(CC)c1. The van der Waals surface area contributed by atoms with Crippen molar-refractivity contribution in [2.24, 2.45) is 11.7 Å². The second-order valence-corrected chi connectivity index (χ2v) is 4.44. The Kier molecular flexibility index (Phi) is 5.09. The van der Waals surface area contributed by atoms with Gasteiger partial charge in [-0.3, -0.25) is 9.59 Å². The Labute approximate surface area is 107 Å². The summed E-state index contributed by atoms with van der Waals surface area (Å²) in [5.74, 6) is -0.0901. The topological polar surface area (TPSA) is 77.1 Å². The summed E-state index contributed by atoms with van der Waals surface area (Å²) in [5, 5.41) is 2.74. The van der Waals surface area contributed by atoms with E-state index in [1.54, 1.807) is 12.3 Å². The number of rotatable bonds is 5. The lowest BCUT2D eigenvalue weighted by Crippen LogP contribution is -2.40. The number of nitrogens with zero attached hydrogens (tertiary/aromatic N) is 1. The number of carbonyl (C=O) groups is 1. The number of anilines is 1. The molecule has 1 aromatic rings. The van der Waals surface area contributed by atoms with E-state index >= 15 is 0 Å². The number of nitrogens with two attached hydrogens (primary N) is 1. The van der Waals surface area contributed by atoms with Crippen LogP contribution in [0.15, 0.2) is 23.1 Å². The van der Waals surface area contributed by atoms with Crippen LogP contribution in [0.1, 0.15) is 27.2 Å². The van der Waals surface area contributed by atoms with Gasteiger partial charge in [0.05, 0.1) is 11.7 Å². The highest BCUT2D eigenvalue weighted by Gasteiger charge is 2.19. The number of carbonyl (C=O) groups excluding carboxylic acids is 1. The van der Waals surface area contributed by atoms with Gasteiger partial charge in [0.2, 0.25) is 5.91 Å². The summed E-state index contributed by atoms with van der Waals surface area (Å²) >= 11 is 0.